The molecule has 4 heteroatoms. The maximum absolute atomic E-state index is 5.95. The van der Waals surface area contributed by atoms with Crippen LogP contribution in [-0.4, -0.2) is 44.9 Å². The van der Waals surface area contributed by atoms with Gasteiger partial charge in [0.25, 0.3) is 0 Å². The first-order valence-electron chi connectivity index (χ1n) is 7.18. The molecular weight excluding hydrogens is 252 g/mol. The highest BCUT2D eigenvalue weighted by molar-refractivity contribution is 5.26. The number of rotatable bonds is 9. The van der Waals surface area contributed by atoms with Gasteiger partial charge in [-0.1, -0.05) is 24.3 Å². The number of hydrogen-bond donors (Lipinski definition) is 1. The van der Waals surface area contributed by atoms with Crippen LogP contribution in [0, 0.1) is 0 Å². The molecule has 0 heterocycles. The van der Waals surface area contributed by atoms with Crippen LogP contribution >= 0.6 is 0 Å². The van der Waals surface area contributed by atoms with E-state index in [-0.39, 0.29) is 12.1 Å². The second kappa shape index (κ2) is 9.08. The number of methoxy groups -OCH3 is 1. The molecule has 0 saturated heterocycles. The largest absolute Gasteiger partial charge is 0.380 e. The average molecular weight is 280 g/mol. The summed E-state index contributed by atoms with van der Waals surface area (Å²) in [5, 5.41) is 0. The van der Waals surface area contributed by atoms with Crippen LogP contribution in [0.15, 0.2) is 24.3 Å². The highest BCUT2D eigenvalue weighted by atomic mass is 16.5. The van der Waals surface area contributed by atoms with E-state index in [0.717, 1.165) is 13.2 Å². The Morgan fingerprint density at radius 1 is 1.30 bits per heavy atom. The third-order valence-corrected chi connectivity index (χ3v) is 3.30. The van der Waals surface area contributed by atoms with Crippen molar-refractivity contribution in [2.45, 2.75) is 32.6 Å². The molecule has 1 aromatic rings. The van der Waals surface area contributed by atoms with Crippen LogP contribution < -0.4 is 5.73 Å². The molecule has 0 fully saturated rings. The van der Waals surface area contributed by atoms with E-state index in [4.69, 9.17) is 15.2 Å². The highest BCUT2D eigenvalue weighted by Crippen LogP contribution is 2.19. The van der Waals surface area contributed by atoms with Gasteiger partial charge in [0.1, 0.15) is 0 Å². The summed E-state index contributed by atoms with van der Waals surface area (Å²) >= 11 is 0. The quantitative estimate of drug-likeness (QED) is 0.753. The minimum absolute atomic E-state index is 0.211. The molecule has 1 unspecified atom stereocenters. The summed E-state index contributed by atoms with van der Waals surface area (Å²) in [7, 11) is 3.80. The Bertz CT molecular complexity index is 382. The SMILES string of the molecule is COCc1cccc(C(CN)N(C)CCOC(C)C)c1. The molecule has 1 atom stereocenters. The van der Waals surface area contributed by atoms with E-state index >= 15 is 0 Å². The van der Waals surface area contributed by atoms with Crippen molar-refractivity contribution in [3.8, 4) is 0 Å². The van der Waals surface area contributed by atoms with Gasteiger partial charge in [0.05, 0.1) is 19.3 Å². The van der Waals surface area contributed by atoms with E-state index in [1.54, 1.807) is 7.11 Å². The molecule has 114 valence electrons. The zero-order chi connectivity index (χ0) is 15.0. The number of nitrogens with two attached hydrogens (primary N) is 1. The van der Waals surface area contributed by atoms with Crippen molar-refractivity contribution in [3.63, 3.8) is 0 Å². The topological polar surface area (TPSA) is 47.7 Å². The van der Waals surface area contributed by atoms with Gasteiger partial charge in [0, 0.05) is 26.2 Å². The van der Waals surface area contributed by atoms with E-state index in [9.17, 15) is 0 Å². The molecule has 0 spiro atoms. The molecule has 0 amide bonds. The van der Waals surface area contributed by atoms with Crippen LogP contribution in [0.4, 0.5) is 0 Å². The molecule has 20 heavy (non-hydrogen) atoms. The molecule has 0 aliphatic carbocycles. The molecule has 1 aromatic carbocycles. The molecule has 2 N–H and O–H groups in total. The van der Waals surface area contributed by atoms with Crippen molar-refractivity contribution < 1.29 is 9.47 Å². The van der Waals surface area contributed by atoms with Crippen LogP contribution in [0.25, 0.3) is 0 Å². The van der Waals surface area contributed by atoms with Gasteiger partial charge in [-0.2, -0.15) is 0 Å². The highest BCUT2D eigenvalue weighted by Gasteiger charge is 2.15. The Hall–Kier alpha value is -0.940. The molecule has 0 aromatic heterocycles. The Morgan fingerprint density at radius 2 is 2.05 bits per heavy atom. The molecule has 4 nitrogen and oxygen atoms in total. The predicted molar refractivity (Wildman–Crippen MR) is 82.7 cm³/mol. The van der Waals surface area contributed by atoms with Gasteiger partial charge in [0.2, 0.25) is 0 Å². The lowest BCUT2D eigenvalue weighted by Gasteiger charge is -2.28. The lowest BCUT2D eigenvalue weighted by Crippen LogP contribution is -2.33. The molecule has 0 bridgehead atoms. The van der Waals surface area contributed by atoms with Crippen LogP contribution in [0.1, 0.15) is 31.0 Å². The fourth-order valence-electron chi connectivity index (χ4n) is 2.22. The summed E-state index contributed by atoms with van der Waals surface area (Å²) < 4.78 is 10.8. The third kappa shape index (κ3) is 5.59. The number of likely N-dealkylation sites (N-methyl/N-ethyl adjacent to an activating group) is 1. The summed E-state index contributed by atoms with van der Waals surface area (Å²) in [5.74, 6) is 0. The van der Waals surface area contributed by atoms with Gasteiger partial charge in [-0.25, -0.2) is 0 Å². The van der Waals surface area contributed by atoms with Crippen molar-refractivity contribution in [3.05, 3.63) is 35.4 Å². The zero-order valence-electron chi connectivity index (χ0n) is 13.1. The first-order chi connectivity index (χ1) is 9.58. The van der Waals surface area contributed by atoms with E-state index in [0.29, 0.717) is 13.2 Å². The molecule has 1 rings (SSSR count). The first kappa shape index (κ1) is 17.1. The summed E-state index contributed by atoms with van der Waals surface area (Å²) in [6.07, 6.45) is 0.268. The lowest BCUT2D eigenvalue weighted by atomic mass is 10.0. The Labute approximate surface area is 122 Å². The maximum atomic E-state index is 5.95. The number of nitrogens with zero attached hydrogens (tertiary/aromatic N) is 1. The Morgan fingerprint density at radius 3 is 2.65 bits per heavy atom. The Balaban J connectivity index is 2.66. The van der Waals surface area contributed by atoms with Crippen LogP contribution in [0.2, 0.25) is 0 Å². The third-order valence-electron chi connectivity index (χ3n) is 3.30. The van der Waals surface area contributed by atoms with Crippen molar-refractivity contribution in [1.82, 2.24) is 4.90 Å². The number of hydrogen-bond acceptors (Lipinski definition) is 4. The second-order valence-corrected chi connectivity index (χ2v) is 5.33. The first-order valence-corrected chi connectivity index (χ1v) is 7.18. The van der Waals surface area contributed by atoms with E-state index in [2.05, 4.69) is 50.1 Å². The van der Waals surface area contributed by atoms with Crippen molar-refractivity contribution in [2.75, 3.05) is 33.9 Å². The summed E-state index contributed by atoms with van der Waals surface area (Å²) in [6.45, 7) is 6.92. The summed E-state index contributed by atoms with van der Waals surface area (Å²) in [6, 6.07) is 8.63. The zero-order valence-corrected chi connectivity index (χ0v) is 13.1. The molecule has 0 aliphatic heterocycles. The van der Waals surface area contributed by atoms with Gasteiger partial charge >= 0.3 is 0 Å². The lowest BCUT2D eigenvalue weighted by molar-refractivity contribution is 0.0564. The van der Waals surface area contributed by atoms with E-state index in [1.807, 2.05) is 0 Å². The van der Waals surface area contributed by atoms with Crippen LogP contribution in [0.3, 0.4) is 0 Å². The average Bonchev–Trinajstić information content (AvgIpc) is 2.40. The van der Waals surface area contributed by atoms with E-state index in [1.165, 1.54) is 11.1 Å². The fraction of sp³-hybridized carbons (Fsp3) is 0.625. The number of benzene rings is 1. The van der Waals surface area contributed by atoms with Gasteiger partial charge < -0.3 is 15.2 Å². The minimum Gasteiger partial charge on any atom is -0.380 e. The molecule has 0 saturated carbocycles. The van der Waals surface area contributed by atoms with Crippen molar-refractivity contribution in [1.29, 1.82) is 0 Å². The monoisotopic (exact) mass is 280 g/mol. The van der Waals surface area contributed by atoms with Gasteiger partial charge in [-0.15, -0.1) is 0 Å². The van der Waals surface area contributed by atoms with Crippen molar-refractivity contribution in [2.24, 2.45) is 5.73 Å². The van der Waals surface area contributed by atoms with Gasteiger partial charge in [-0.05, 0) is 32.0 Å². The maximum Gasteiger partial charge on any atom is 0.0713 e. The smallest absolute Gasteiger partial charge is 0.0713 e. The summed E-state index contributed by atoms with van der Waals surface area (Å²) in [5.41, 5.74) is 8.35. The standard InChI is InChI=1S/C16H28N2O2/c1-13(2)20-9-8-18(3)16(11-17)15-7-5-6-14(10-15)12-19-4/h5-7,10,13,16H,8-9,11-12,17H2,1-4H3. The number of ether oxygens (including phenoxy) is 2. The molecule has 0 radical (unpaired) electrons. The minimum atomic E-state index is 0.211. The van der Waals surface area contributed by atoms with E-state index < -0.39 is 0 Å². The van der Waals surface area contributed by atoms with Crippen LogP contribution in [0.5, 0.6) is 0 Å². The fourth-order valence-corrected chi connectivity index (χ4v) is 2.22. The van der Waals surface area contributed by atoms with Gasteiger partial charge in [-0.3, -0.25) is 4.90 Å². The normalized spacial score (nSPS) is 13.2. The molecular formula is C16H28N2O2. The Kier molecular flexibility index (Phi) is 7.77. The van der Waals surface area contributed by atoms with Gasteiger partial charge in [0.15, 0.2) is 0 Å². The predicted octanol–water partition coefficient (Wildman–Crippen LogP) is 2.19. The molecule has 0 aliphatic rings. The van der Waals surface area contributed by atoms with Crippen molar-refractivity contribution >= 4 is 0 Å². The van der Waals surface area contributed by atoms with Crippen LogP contribution in [-0.2, 0) is 16.1 Å². The second-order valence-electron chi connectivity index (χ2n) is 5.33. The summed E-state index contributed by atoms with van der Waals surface area (Å²) in [4.78, 5) is 2.24.